The van der Waals surface area contributed by atoms with Gasteiger partial charge in [-0.1, -0.05) is 46.0 Å². The molecule has 0 aliphatic heterocycles. The first-order chi connectivity index (χ1) is 6.36. The summed E-state index contributed by atoms with van der Waals surface area (Å²) in [6.07, 6.45) is 6.69. The van der Waals surface area contributed by atoms with Crippen molar-refractivity contribution < 1.29 is 17.0 Å². The average molecular weight is 300 g/mol. The predicted octanol–water partition coefficient (Wildman–Crippen LogP) is 0.930. The third-order valence-corrected chi connectivity index (χ3v) is 3.38. The van der Waals surface area contributed by atoms with Crippen LogP contribution in [0.25, 0.3) is 0 Å². The van der Waals surface area contributed by atoms with Gasteiger partial charge in [-0.25, -0.2) is 6.07 Å². The number of hydrogen-bond acceptors (Lipinski definition) is 1. The van der Waals surface area contributed by atoms with Crippen LogP contribution in [0.5, 0.6) is 0 Å². The van der Waals surface area contributed by atoms with Crippen LogP contribution in [0.1, 0.15) is 44.4 Å². The zero-order valence-corrected chi connectivity index (χ0v) is 13.6. The molecule has 1 rings (SSSR count). The van der Waals surface area contributed by atoms with E-state index < -0.39 is 0 Å². The number of halogens is 1. The molecule has 0 fully saturated rings. The maximum atomic E-state index is 3.16. The third kappa shape index (κ3) is 7.78. The second kappa shape index (κ2) is 11.4. The molecule has 1 aromatic rings. The molecule has 0 bridgehead atoms. The van der Waals surface area contributed by atoms with Crippen LogP contribution in [-0.2, 0) is 6.42 Å². The second-order valence-corrected chi connectivity index (χ2v) is 4.60. The Hall–Kier alpha value is 0.946. The zero-order valence-electron chi connectivity index (χ0n) is 9.76. The Bertz CT molecular complexity index is 211. The number of hydrogen-bond donors (Lipinski definition) is 0. The molecule has 0 nitrogen and oxygen atoms in total. The molecule has 0 saturated heterocycles. The Labute approximate surface area is 125 Å². The number of rotatable bonds is 6. The Morgan fingerprint density at radius 1 is 1.40 bits per heavy atom. The fourth-order valence-corrected chi connectivity index (χ4v) is 2.35. The predicted molar refractivity (Wildman–Crippen MR) is 65.9 cm³/mol. The molecular weight excluding hydrogens is 280 g/mol. The molecule has 1 aromatic heterocycles. The van der Waals surface area contributed by atoms with Gasteiger partial charge in [0.2, 0.25) is 0 Å². The summed E-state index contributed by atoms with van der Waals surface area (Å²) >= 11 is 1.78. The molecular formula is C12H19BrMgS. The van der Waals surface area contributed by atoms with Crippen LogP contribution < -0.4 is 17.0 Å². The van der Waals surface area contributed by atoms with Crippen LogP contribution in [0.2, 0.25) is 0 Å². The van der Waals surface area contributed by atoms with Gasteiger partial charge in [-0.05, 0) is 5.92 Å². The third-order valence-electron chi connectivity index (χ3n) is 2.56. The SMILES string of the molecule is CCCCC(CC)Cc1cc[c-]s1.[Br-].[Mg+2]. The molecule has 1 heterocycles. The topological polar surface area (TPSA) is 0 Å². The quantitative estimate of drug-likeness (QED) is 0.541. The number of unbranched alkanes of at least 4 members (excludes halogenated alkanes) is 1. The minimum Gasteiger partial charge on any atom is -1.00 e. The maximum Gasteiger partial charge on any atom is 2.00 e. The number of thiophene rings is 1. The molecule has 0 aromatic carbocycles. The van der Waals surface area contributed by atoms with Gasteiger partial charge < -0.3 is 28.3 Å². The van der Waals surface area contributed by atoms with Crippen molar-refractivity contribution >= 4 is 34.4 Å². The molecule has 1 atom stereocenters. The molecule has 15 heavy (non-hydrogen) atoms. The van der Waals surface area contributed by atoms with Gasteiger partial charge in [-0.15, -0.1) is 10.3 Å². The van der Waals surface area contributed by atoms with Gasteiger partial charge in [0, 0.05) is 0 Å². The molecule has 0 amide bonds. The first kappa shape index (κ1) is 18.3. The van der Waals surface area contributed by atoms with E-state index in [4.69, 9.17) is 0 Å². The largest absolute Gasteiger partial charge is 2.00 e. The molecule has 0 aliphatic rings. The Morgan fingerprint density at radius 3 is 2.60 bits per heavy atom. The van der Waals surface area contributed by atoms with E-state index in [2.05, 4.69) is 25.3 Å². The summed E-state index contributed by atoms with van der Waals surface area (Å²) in [7, 11) is 0. The summed E-state index contributed by atoms with van der Waals surface area (Å²) in [5.41, 5.74) is 0. The van der Waals surface area contributed by atoms with Crippen LogP contribution in [0.15, 0.2) is 12.1 Å². The Kier molecular flexibility index (Phi) is 14.0. The maximum absolute atomic E-state index is 3.16. The molecule has 0 saturated carbocycles. The van der Waals surface area contributed by atoms with Gasteiger partial charge in [0.1, 0.15) is 0 Å². The minimum atomic E-state index is 0. The molecule has 0 spiro atoms. The molecule has 3 heteroatoms. The van der Waals surface area contributed by atoms with Gasteiger partial charge in [0.15, 0.2) is 0 Å². The van der Waals surface area contributed by atoms with Crippen LogP contribution >= 0.6 is 11.3 Å². The Morgan fingerprint density at radius 2 is 2.13 bits per heavy atom. The van der Waals surface area contributed by atoms with Crippen LogP contribution in [0, 0.1) is 11.3 Å². The van der Waals surface area contributed by atoms with Crippen molar-refractivity contribution in [2.45, 2.75) is 46.0 Å². The molecule has 0 aliphatic carbocycles. The first-order valence-corrected chi connectivity index (χ1v) is 6.13. The monoisotopic (exact) mass is 298 g/mol. The summed E-state index contributed by atoms with van der Waals surface area (Å²) in [6.45, 7) is 4.57. The first-order valence-electron chi connectivity index (χ1n) is 5.31. The van der Waals surface area contributed by atoms with E-state index >= 15 is 0 Å². The molecule has 0 radical (unpaired) electrons. The standard InChI is InChI=1S/C12H19S.BrH.Mg/c1-3-5-7-11(4-2)10-12-8-6-9-13-12;;/h6,8,11H,3-5,7,10H2,1-2H3;1H;/q-1;;+2/p-1. The van der Waals surface area contributed by atoms with Crippen molar-refractivity contribution in [2.75, 3.05) is 0 Å². The zero-order chi connectivity index (χ0) is 9.52. The van der Waals surface area contributed by atoms with Crippen molar-refractivity contribution in [3.8, 4) is 0 Å². The van der Waals surface area contributed by atoms with Gasteiger partial charge in [0.05, 0.1) is 0 Å². The van der Waals surface area contributed by atoms with E-state index in [9.17, 15) is 0 Å². The van der Waals surface area contributed by atoms with E-state index in [1.54, 1.807) is 11.3 Å². The van der Waals surface area contributed by atoms with Crippen molar-refractivity contribution in [3.05, 3.63) is 22.4 Å². The molecule has 1 unspecified atom stereocenters. The van der Waals surface area contributed by atoms with Crippen molar-refractivity contribution in [3.63, 3.8) is 0 Å². The van der Waals surface area contributed by atoms with Gasteiger partial charge in [-0.3, -0.25) is 0 Å². The van der Waals surface area contributed by atoms with Crippen molar-refractivity contribution in [1.82, 2.24) is 0 Å². The van der Waals surface area contributed by atoms with E-state index in [-0.39, 0.29) is 40.0 Å². The summed E-state index contributed by atoms with van der Waals surface area (Å²) in [5, 5.41) is 3.16. The van der Waals surface area contributed by atoms with E-state index in [0.29, 0.717) is 0 Å². The average Bonchev–Trinajstić information content (AvgIpc) is 2.64. The van der Waals surface area contributed by atoms with Crippen molar-refractivity contribution in [2.24, 2.45) is 5.92 Å². The summed E-state index contributed by atoms with van der Waals surface area (Å²) in [5.74, 6) is 0.895. The van der Waals surface area contributed by atoms with Gasteiger partial charge in [-0.2, -0.15) is 6.07 Å². The van der Waals surface area contributed by atoms with Gasteiger partial charge in [0.25, 0.3) is 0 Å². The van der Waals surface area contributed by atoms with E-state index in [1.807, 2.05) is 6.07 Å². The second-order valence-electron chi connectivity index (χ2n) is 3.64. The summed E-state index contributed by atoms with van der Waals surface area (Å²) < 4.78 is 0. The van der Waals surface area contributed by atoms with Crippen LogP contribution in [-0.4, -0.2) is 23.1 Å². The fourth-order valence-electron chi connectivity index (χ4n) is 1.61. The van der Waals surface area contributed by atoms with Crippen molar-refractivity contribution in [1.29, 1.82) is 0 Å². The molecule has 82 valence electrons. The van der Waals surface area contributed by atoms with E-state index in [0.717, 1.165) is 5.92 Å². The molecule has 0 N–H and O–H groups in total. The fraction of sp³-hybridized carbons (Fsp3) is 0.667. The smallest absolute Gasteiger partial charge is 1.00 e. The Balaban J connectivity index is 0. The van der Waals surface area contributed by atoms with Crippen LogP contribution in [0.3, 0.4) is 0 Å². The summed E-state index contributed by atoms with van der Waals surface area (Å²) in [4.78, 5) is 1.50. The normalized spacial score (nSPS) is 11.3. The van der Waals surface area contributed by atoms with E-state index in [1.165, 1.54) is 37.0 Å². The minimum absolute atomic E-state index is 0. The van der Waals surface area contributed by atoms with Crippen LogP contribution in [0.4, 0.5) is 0 Å². The van der Waals surface area contributed by atoms with Gasteiger partial charge >= 0.3 is 23.1 Å². The summed E-state index contributed by atoms with van der Waals surface area (Å²) in [6, 6.07) is 4.24.